The largest absolute Gasteiger partial charge is 0.496 e. The average Bonchev–Trinajstić information content (AvgIpc) is 2.52. The number of hydrogen-bond acceptors (Lipinski definition) is 4. The Morgan fingerprint density at radius 3 is 2.12 bits per heavy atom. The normalized spacial score (nSPS) is 11.4. The van der Waals surface area contributed by atoms with Crippen LogP contribution in [0.15, 0.2) is 36.4 Å². The number of nitrogens with one attached hydrogen (secondary N) is 1. The Kier molecular flexibility index (Phi) is 5.39. The van der Waals surface area contributed by atoms with Gasteiger partial charge in [0.2, 0.25) is 10.0 Å². The summed E-state index contributed by atoms with van der Waals surface area (Å²) in [5.74, 6) is 1.62. The fraction of sp³-hybridized carbons (Fsp3) is 0.333. The van der Waals surface area contributed by atoms with Crippen LogP contribution < -0.4 is 14.2 Å². The molecule has 2 aromatic carbocycles. The number of ether oxygens (including phenoxy) is 2. The van der Waals surface area contributed by atoms with Crippen molar-refractivity contribution < 1.29 is 17.9 Å². The molecule has 0 aromatic heterocycles. The van der Waals surface area contributed by atoms with Crippen LogP contribution in [0.4, 0.5) is 5.69 Å². The number of methoxy groups -OCH3 is 2. The summed E-state index contributed by atoms with van der Waals surface area (Å²) in [4.78, 5) is 0. The van der Waals surface area contributed by atoms with Crippen LogP contribution in [0.1, 0.15) is 25.3 Å². The highest BCUT2D eigenvalue weighted by molar-refractivity contribution is 7.92. The number of hydrogen-bond donors (Lipinski definition) is 1. The molecule has 1 N–H and O–H groups in total. The Balaban J connectivity index is 2.70. The van der Waals surface area contributed by atoms with Crippen molar-refractivity contribution in [2.24, 2.45) is 0 Å². The Labute approximate surface area is 143 Å². The Bertz CT molecular complexity index is 829. The smallest absolute Gasteiger partial charge is 0.229 e. The lowest BCUT2D eigenvalue weighted by atomic mass is 9.94. The molecule has 0 unspecified atom stereocenters. The zero-order chi connectivity index (χ0) is 17.9. The van der Waals surface area contributed by atoms with E-state index in [0.717, 1.165) is 28.7 Å². The molecule has 24 heavy (non-hydrogen) atoms. The lowest BCUT2D eigenvalue weighted by Gasteiger charge is -2.19. The highest BCUT2D eigenvalue weighted by Gasteiger charge is 2.18. The molecule has 0 amide bonds. The van der Waals surface area contributed by atoms with Crippen LogP contribution in [0.5, 0.6) is 11.5 Å². The van der Waals surface area contributed by atoms with Crippen molar-refractivity contribution in [3.63, 3.8) is 0 Å². The van der Waals surface area contributed by atoms with Crippen LogP contribution in [-0.4, -0.2) is 28.9 Å². The molecular weight excluding hydrogens is 326 g/mol. The van der Waals surface area contributed by atoms with E-state index in [1.807, 2.05) is 24.3 Å². The summed E-state index contributed by atoms with van der Waals surface area (Å²) >= 11 is 0. The van der Waals surface area contributed by atoms with Gasteiger partial charge < -0.3 is 9.47 Å². The van der Waals surface area contributed by atoms with Crippen LogP contribution in [0, 0.1) is 0 Å². The first kappa shape index (κ1) is 18.1. The molecule has 2 rings (SSSR count). The van der Waals surface area contributed by atoms with Gasteiger partial charge in [-0.05, 0) is 23.6 Å². The Morgan fingerprint density at radius 2 is 1.58 bits per heavy atom. The molecular formula is C18H23NO4S. The van der Waals surface area contributed by atoms with Gasteiger partial charge in [-0.15, -0.1) is 0 Å². The van der Waals surface area contributed by atoms with E-state index >= 15 is 0 Å². The van der Waals surface area contributed by atoms with Gasteiger partial charge >= 0.3 is 0 Å². The predicted molar refractivity (Wildman–Crippen MR) is 97.5 cm³/mol. The SMILES string of the molecule is COc1cc(OC)c(C(C)C)cc1-c1ccccc1NS(C)(=O)=O. The van der Waals surface area contributed by atoms with Gasteiger partial charge in [0.1, 0.15) is 11.5 Å². The summed E-state index contributed by atoms with van der Waals surface area (Å²) in [6.07, 6.45) is 1.13. The molecule has 130 valence electrons. The van der Waals surface area contributed by atoms with Crippen LogP contribution in [0.3, 0.4) is 0 Å². The summed E-state index contributed by atoms with van der Waals surface area (Å²) in [7, 11) is -0.174. The van der Waals surface area contributed by atoms with Crippen molar-refractivity contribution in [3.05, 3.63) is 42.0 Å². The number of rotatable bonds is 6. The minimum Gasteiger partial charge on any atom is -0.496 e. The van der Waals surface area contributed by atoms with Crippen molar-refractivity contribution >= 4 is 15.7 Å². The van der Waals surface area contributed by atoms with E-state index in [0.29, 0.717) is 11.4 Å². The van der Waals surface area contributed by atoms with Gasteiger partial charge in [-0.25, -0.2) is 8.42 Å². The third kappa shape index (κ3) is 4.00. The van der Waals surface area contributed by atoms with Crippen LogP contribution >= 0.6 is 0 Å². The standard InChI is InChI=1S/C18H23NO4S/c1-12(2)14-10-15(18(23-4)11-17(14)22-3)13-8-6-7-9-16(13)19-24(5,20)21/h6-12,19H,1-5H3. The van der Waals surface area contributed by atoms with Crippen molar-refractivity contribution in [1.29, 1.82) is 0 Å². The van der Waals surface area contributed by atoms with E-state index < -0.39 is 10.0 Å². The first-order valence-electron chi connectivity index (χ1n) is 7.60. The van der Waals surface area contributed by atoms with E-state index in [1.165, 1.54) is 0 Å². The number of sulfonamides is 1. The lowest BCUT2D eigenvalue weighted by Crippen LogP contribution is -2.10. The monoisotopic (exact) mass is 349 g/mol. The molecule has 0 saturated heterocycles. The van der Waals surface area contributed by atoms with Gasteiger partial charge in [-0.2, -0.15) is 0 Å². The zero-order valence-corrected chi connectivity index (χ0v) is 15.4. The van der Waals surface area contributed by atoms with Crippen LogP contribution in [0.2, 0.25) is 0 Å². The summed E-state index contributed by atoms with van der Waals surface area (Å²) in [6.45, 7) is 4.16. The Morgan fingerprint density at radius 1 is 0.958 bits per heavy atom. The van der Waals surface area contributed by atoms with Gasteiger partial charge in [0.15, 0.2) is 0 Å². The van der Waals surface area contributed by atoms with Gasteiger partial charge in [0.05, 0.1) is 26.2 Å². The van der Waals surface area contributed by atoms with E-state index in [2.05, 4.69) is 18.6 Å². The van der Waals surface area contributed by atoms with E-state index in [-0.39, 0.29) is 5.92 Å². The maximum absolute atomic E-state index is 11.7. The third-order valence-electron chi connectivity index (χ3n) is 3.69. The number of anilines is 1. The van der Waals surface area contributed by atoms with E-state index in [1.54, 1.807) is 26.4 Å². The van der Waals surface area contributed by atoms with Gasteiger partial charge in [-0.1, -0.05) is 32.0 Å². The van der Waals surface area contributed by atoms with Crippen molar-refractivity contribution in [3.8, 4) is 22.6 Å². The maximum Gasteiger partial charge on any atom is 0.229 e. The van der Waals surface area contributed by atoms with Crippen molar-refractivity contribution in [2.75, 3.05) is 25.2 Å². The molecule has 2 aromatic rings. The van der Waals surface area contributed by atoms with Gasteiger partial charge in [-0.3, -0.25) is 4.72 Å². The molecule has 0 aliphatic carbocycles. The molecule has 0 fully saturated rings. The van der Waals surface area contributed by atoms with Crippen molar-refractivity contribution in [2.45, 2.75) is 19.8 Å². The molecule has 0 heterocycles. The Hall–Kier alpha value is -2.21. The molecule has 0 spiro atoms. The molecule has 0 aliphatic rings. The second kappa shape index (κ2) is 7.13. The molecule has 0 saturated carbocycles. The first-order chi connectivity index (χ1) is 11.3. The molecule has 0 radical (unpaired) electrons. The fourth-order valence-corrected chi connectivity index (χ4v) is 3.17. The van der Waals surface area contributed by atoms with E-state index in [9.17, 15) is 8.42 Å². The quantitative estimate of drug-likeness (QED) is 0.860. The summed E-state index contributed by atoms with van der Waals surface area (Å²) in [6, 6.07) is 11.1. The van der Waals surface area contributed by atoms with Gasteiger partial charge in [0, 0.05) is 17.2 Å². The lowest BCUT2D eigenvalue weighted by molar-refractivity contribution is 0.390. The maximum atomic E-state index is 11.7. The molecule has 6 heteroatoms. The van der Waals surface area contributed by atoms with E-state index in [4.69, 9.17) is 9.47 Å². The molecule has 5 nitrogen and oxygen atoms in total. The highest BCUT2D eigenvalue weighted by Crippen LogP contribution is 2.41. The number of para-hydroxylation sites is 1. The minimum atomic E-state index is -3.38. The van der Waals surface area contributed by atoms with Gasteiger partial charge in [0.25, 0.3) is 0 Å². The van der Waals surface area contributed by atoms with Crippen molar-refractivity contribution in [1.82, 2.24) is 0 Å². The second-order valence-electron chi connectivity index (χ2n) is 5.87. The molecule has 0 bridgehead atoms. The summed E-state index contributed by atoms with van der Waals surface area (Å²) in [5, 5.41) is 0. The summed E-state index contributed by atoms with van der Waals surface area (Å²) < 4.78 is 36.8. The third-order valence-corrected chi connectivity index (χ3v) is 4.28. The first-order valence-corrected chi connectivity index (χ1v) is 9.49. The zero-order valence-electron chi connectivity index (χ0n) is 14.6. The van der Waals surface area contributed by atoms with Crippen LogP contribution in [0.25, 0.3) is 11.1 Å². The fourth-order valence-electron chi connectivity index (χ4n) is 2.59. The van der Waals surface area contributed by atoms with Crippen LogP contribution in [-0.2, 0) is 10.0 Å². The molecule has 0 aliphatic heterocycles. The predicted octanol–water partition coefficient (Wildman–Crippen LogP) is 3.87. The average molecular weight is 349 g/mol. The topological polar surface area (TPSA) is 64.6 Å². The summed E-state index contributed by atoms with van der Waals surface area (Å²) in [5.41, 5.74) is 3.11. The molecule has 0 atom stereocenters. The highest BCUT2D eigenvalue weighted by atomic mass is 32.2. The second-order valence-corrected chi connectivity index (χ2v) is 7.62. The number of benzene rings is 2. The minimum absolute atomic E-state index is 0.250.